The average Bonchev–Trinajstić information content (AvgIpc) is 3.07. The quantitative estimate of drug-likeness (QED) is 0.670. The Kier molecular flexibility index (Phi) is 5.01. The van der Waals surface area contributed by atoms with E-state index in [0.29, 0.717) is 11.3 Å². The number of aromatic nitrogens is 3. The molecule has 0 bridgehead atoms. The van der Waals surface area contributed by atoms with Gasteiger partial charge in [0.15, 0.2) is 5.69 Å². The van der Waals surface area contributed by atoms with Crippen LogP contribution in [0.5, 0.6) is 0 Å². The van der Waals surface area contributed by atoms with Gasteiger partial charge in [-0.05, 0) is 35.9 Å². The Morgan fingerprint density at radius 1 is 1.23 bits per heavy atom. The number of rotatable bonds is 5. The summed E-state index contributed by atoms with van der Waals surface area (Å²) in [6.07, 6.45) is 2.74. The Labute approximate surface area is 153 Å². The van der Waals surface area contributed by atoms with Gasteiger partial charge >= 0.3 is 0 Å². The molecule has 134 valence electrons. The average molecular weight is 395 g/mol. The molecule has 2 heterocycles. The number of amides is 1. The number of sulfonamides is 1. The van der Waals surface area contributed by atoms with E-state index in [0.717, 1.165) is 0 Å². The molecule has 2 aromatic heterocycles. The Balaban J connectivity index is 1.72. The molecule has 0 radical (unpaired) electrons. The zero-order valence-electron chi connectivity index (χ0n) is 13.1. The van der Waals surface area contributed by atoms with Crippen molar-refractivity contribution in [1.29, 1.82) is 0 Å². The second-order valence-electron chi connectivity index (χ2n) is 5.30. The predicted molar refractivity (Wildman–Crippen MR) is 92.9 cm³/mol. The van der Waals surface area contributed by atoms with Gasteiger partial charge < -0.3 is 0 Å². The zero-order chi connectivity index (χ0) is 18.7. The summed E-state index contributed by atoms with van der Waals surface area (Å²) in [5.74, 6) is -1.78. The maximum Gasteiger partial charge on any atom is 0.285 e. The van der Waals surface area contributed by atoms with Crippen LogP contribution in [0.3, 0.4) is 0 Å². The molecule has 1 aromatic carbocycles. The van der Waals surface area contributed by atoms with Crippen LogP contribution in [0, 0.1) is 5.82 Å². The van der Waals surface area contributed by atoms with Gasteiger partial charge in [0.25, 0.3) is 5.91 Å². The van der Waals surface area contributed by atoms with E-state index in [9.17, 15) is 17.6 Å². The first-order valence-electron chi connectivity index (χ1n) is 7.29. The Morgan fingerprint density at radius 2 is 2.04 bits per heavy atom. The molecule has 0 atom stereocenters. The number of halogens is 2. The molecule has 3 rings (SSSR count). The van der Waals surface area contributed by atoms with E-state index in [2.05, 4.69) is 10.1 Å². The topological polar surface area (TPSA) is 94.0 Å². The van der Waals surface area contributed by atoms with Crippen LogP contribution in [0.25, 0.3) is 5.69 Å². The molecule has 3 aromatic rings. The second-order valence-corrected chi connectivity index (χ2v) is 7.41. The summed E-state index contributed by atoms with van der Waals surface area (Å²) in [5, 5.41) is 4.20. The molecule has 7 nitrogen and oxygen atoms in total. The Morgan fingerprint density at radius 3 is 2.73 bits per heavy atom. The number of nitrogens with zero attached hydrogens (tertiary/aromatic N) is 3. The first kappa shape index (κ1) is 18.0. The minimum Gasteiger partial charge on any atom is -0.266 e. The van der Waals surface area contributed by atoms with Crippen molar-refractivity contribution in [2.45, 2.75) is 5.75 Å². The van der Waals surface area contributed by atoms with Gasteiger partial charge in [0.1, 0.15) is 11.0 Å². The summed E-state index contributed by atoms with van der Waals surface area (Å²) in [6, 6.07) is 9.89. The summed E-state index contributed by atoms with van der Waals surface area (Å²) in [6.45, 7) is 0. The lowest BCUT2D eigenvalue weighted by Crippen LogP contribution is -2.32. The van der Waals surface area contributed by atoms with Crippen LogP contribution in [0.15, 0.2) is 54.9 Å². The number of carbonyl (C=O) groups excluding carboxylic acids is 1. The third-order valence-corrected chi connectivity index (χ3v) is 4.72. The van der Waals surface area contributed by atoms with Crippen LogP contribution < -0.4 is 4.72 Å². The molecule has 10 heteroatoms. The number of nitrogens with one attached hydrogen (secondary N) is 1. The summed E-state index contributed by atoms with van der Waals surface area (Å²) in [7, 11) is -3.95. The monoisotopic (exact) mass is 394 g/mol. The van der Waals surface area contributed by atoms with Gasteiger partial charge in [0.2, 0.25) is 10.0 Å². The minimum atomic E-state index is -3.95. The highest BCUT2D eigenvalue weighted by Crippen LogP contribution is 2.11. The molecule has 0 unspecified atom stereocenters. The predicted octanol–water partition coefficient (Wildman–Crippen LogP) is 2.32. The highest BCUT2D eigenvalue weighted by atomic mass is 35.5. The lowest BCUT2D eigenvalue weighted by atomic mass is 10.3. The number of hydrogen-bond acceptors (Lipinski definition) is 5. The van der Waals surface area contributed by atoms with E-state index < -0.39 is 27.5 Å². The van der Waals surface area contributed by atoms with E-state index in [1.807, 2.05) is 4.72 Å². The van der Waals surface area contributed by atoms with Gasteiger partial charge in [0, 0.05) is 12.4 Å². The molecule has 0 spiro atoms. The van der Waals surface area contributed by atoms with Crippen LogP contribution in [0.2, 0.25) is 5.15 Å². The Bertz CT molecular complexity index is 1050. The van der Waals surface area contributed by atoms with E-state index >= 15 is 0 Å². The summed E-state index contributed by atoms with van der Waals surface area (Å²) >= 11 is 5.65. The largest absolute Gasteiger partial charge is 0.285 e. The maximum atomic E-state index is 13.3. The smallest absolute Gasteiger partial charge is 0.266 e. The second kappa shape index (κ2) is 7.22. The molecule has 0 saturated heterocycles. The maximum absolute atomic E-state index is 13.3. The highest BCUT2D eigenvalue weighted by molar-refractivity contribution is 7.89. The van der Waals surface area contributed by atoms with Crippen LogP contribution in [0.1, 0.15) is 16.1 Å². The van der Waals surface area contributed by atoms with Crippen molar-refractivity contribution in [3.8, 4) is 5.69 Å². The van der Waals surface area contributed by atoms with E-state index in [4.69, 9.17) is 11.6 Å². The van der Waals surface area contributed by atoms with Crippen LogP contribution >= 0.6 is 11.6 Å². The number of benzene rings is 1. The SMILES string of the molecule is O=C(NS(=O)(=O)Cc1ccc(Cl)nc1)c1ccn(-c2cccc(F)c2)n1. The van der Waals surface area contributed by atoms with E-state index in [1.54, 1.807) is 6.07 Å². The number of hydrogen-bond donors (Lipinski definition) is 1. The standard InChI is InChI=1S/C16H12ClFN4O3S/c17-15-5-4-11(9-19-15)10-26(24,25)21-16(23)14-6-7-22(20-14)13-3-1-2-12(18)8-13/h1-9H,10H2,(H,21,23). The van der Waals surface area contributed by atoms with Crippen molar-refractivity contribution in [3.05, 3.63) is 77.1 Å². The fourth-order valence-corrected chi connectivity index (χ4v) is 3.33. The third kappa shape index (κ3) is 4.44. The van der Waals surface area contributed by atoms with Gasteiger partial charge in [-0.3, -0.25) is 4.79 Å². The van der Waals surface area contributed by atoms with Crippen molar-refractivity contribution in [1.82, 2.24) is 19.5 Å². The molecule has 0 aliphatic carbocycles. The molecule has 1 N–H and O–H groups in total. The lowest BCUT2D eigenvalue weighted by Gasteiger charge is -2.05. The van der Waals surface area contributed by atoms with Gasteiger partial charge in [-0.25, -0.2) is 27.2 Å². The summed E-state index contributed by atoms with van der Waals surface area (Å²) in [5.41, 5.74) is 0.659. The fraction of sp³-hybridized carbons (Fsp3) is 0.0625. The highest BCUT2D eigenvalue weighted by Gasteiger charge is 2.19. The van der Waals surface area contributed by atoms with E-state index in [1.165, 1.54) is 53.5 Å². The van der Waals surface area contributed by atoms with Crippen LogP contribution in [-0.2, 0) is 15.8 Å². The molecule has 26 heavy (non-hydrogen) atoms. The van der Waals surface area contributed by atoms with Crippen LogP contribution in [-0.4, -0.2) is 29.1 Å². The van der Waals surface area contributed by atoms with Crippen molar-refractivity contribution >= 4 is 27.5 Å². The van der Waals surface area contributed by atoms with E-state index in [-0.39, 0.29) is 10.8 Å². The van der Waals surface area contributed by atoms with Crippen molar-refractivity contribution < 1.29 is 17.6 Å². The van der Waals surface area contributed by atoms with Gasteiger partial charge in [-0.2, -0.15) is 5.10 Å². The first-order chi connectivity index (χ1) is 12.3. The number of pyridine rings is 1. The fourth-order valence-electron chi connectivity index (χ4n) is 2.15. The van der Waals surface area contributed by atoms with Gasteiger partial charge in [-0.15, -0.1) is 0 Å². The number of carbonyl (C=O) groups is 1. The molecule has 0 aliphatic rings. The molecular formula is C16H12ClFN4O3S. The zero-order valence-corrected chi connectivity index (χ0v) is 14.7. The lowest BCUT2D eigenvalue weighted by molar-refractivity contribution is 0.0976. The Hall–Kier alpha value is -2.78. The van der Waals surface area contributed by atoms with Crippen molar-refractivity contribution in [2.75, 3.05) is 0 Å². The van der Waals surface area contributed by atoms with Crippen molar-refractivity contribution in [2.24, 2.45) is 0 Å². The molecular weight excluding hydrogens is 383 g/mol. The van der Waals surface area contributed by atoms with Gasteiger partial charge in [0.05, 0.1) is 11.4 Å². The normalized spacial score (nSPS) is 11.3. The first-order valence-corrected chi connectivity index (χ1v) is 9.32. The summed E-state index contributed by atoms with van der Waals surface area (Å²) < 4.78 is 40.7. The van der Waals surface area contributed by atoms with Gasteiger partial charge in [-0.1, -0.05) is 23.7 Å². The molecule has 0 saturated carbocycles. The molecule has 0 fully saturated rings. The minimum absolute atomic E-state index is 0.118. The molecule has 0 aliphatic heterocycles. The third-order valence-electron chi connectivity index (χ3n) is 3.29. The van der Waals surface area contributed by atoms with Crippen LogP contribution in [0.4, 0.5) is 4.39 Å². The van der Waals surface area contributed by atoms with Crippen molar-refractivity contribution in [3.63, 3.8) is 0 Å². The summed E-state index contributed by atoms with van der Waals surface area (Å²) in [4.78, 5) is 15.9. The molecule has 1 amide bonds.